The summed E-state index contributed by atoms with van der Waals surface area (Å²) in [5.41, 5.74) is 12.2. The molecule has 0 aliphatic heterocycles. The summed E-state index contributed by atoms with van der Waals surface area (Å²) in [6, 6.07) is 1.65. The molecule has 1 rings (SSSR count). The number of anilines is 2. The van der Waals surface area contributed by atoms with Crippen molar-refractivity contribution in [2.75, 3.05) is 18.1 Å². The van der Waals surface area contributed by atoms with Gasteiger partial charge in [0.1, 0.15) is 5.69 Å². The zero-order chi connectivity index (χ0) is 9.84. The summed E-state index contributed by atoms with van der Waals surface area (Å²) in [6.07, 6.45) is 1.58. The molecule has 0 atom stereocenters. The van der Waals surface area contributed by atoms with E-state index in [1.165, 1.54) is 0 Å². The van der Waals surface area contributed by atoms with Crippen LogP contribution in [0.5, 0.6) is 5.88 Å². The SMILES string of the molecule is CC(C)COc1nccc(N)c1N. The Morgan fingerprint density at radius 2 is 2.15 bits per heavy atom. The molecule has 0 aliphatic rings. The van der Waals surface area contributed by atoms with Crippen LogP contribution in [-0.2, 0) is 0 Å². The van der Waals surface area contributed by atoms with E-state index < -0.39 is 0 Å². The van der Waals surface area contributed by atoms with E-state index in [2.05, 4.69) is 18.8 Å². The number of nitrogen functional groups attached to an aromatic ring is 2. The summed E-state index contributed by atoms with van der Waals surface area (Å²) in [6.45, 7) is 4.71. The van der Waals surface area contributed by atoms with Gasteiger partial charge in [-0.1, -0.05) is 13.8 Å². The molecule has 0 radical (unpaired) electrons. The van der Waals surface area contributed by atoms with E-state index in [-0.39, 0.29) is 0 Å². The van der Waals surface area contributed by atoms with Gasteiger partial charge in [-0.15, -0.1) is 0 Å². The standard InChI is InChI=1S/C9H15N3O/c1-6(2)5-13-9-8(11)7(10)3-4-12-9/h3-4,6H,5,11H2,1-2H3,(H2,10,12). The predicted octanol–water partition coefficient (Wildman–Crippen LogP) is 1.28. The first kappa shape index (κ1) is 9.64. The number of rotatable bonds is 3. The number of pyridine rings is 1. The monoisotopic (exact) mass is 181 g/mol. The minimum Gasteiger partial charge on any atom is -0.476 e. The Labute approximate surface area is 77.9 Å². The Balaban J connectivity index is 2.71. The summed E-state index contributed by atoms with van der Waals surface area (Å²) in [4.78, 5) is 3.98. The largest absolute Gasteiger partial charge is 0.476 e. The van der Waals surface area contributed by atoms with Gasteiger partial charge in [-0.3, -0.25) is 0 Å². The molecule has 0 aliphatic carbocycles. The van der Waals surface area contributed by atoms with E-state index >= 15 is 0 Å². The molecule has 4 heteroatoms. The van der Waals surface area contributed by atoms with Gasteiger partial charge in [0, 0.05) is 6.20 Å². The zero-order valence-electron chi connectivity index (χ0n) is 7.95. The number of nitrogens with zero attached hydrogens (tertiary/aromatic N) is 1. The molecule has 0 saturated heterocycles. The molecule has 13 heavy (non-hydrogen) atoms. The number of ether oxygens (including phenoxy) is 1. The van der Waals surface area contributed by atoms with E-state index in [0.717, 1.165) is 0 Å². The van der Waals surface area contributed by atoms with E-state index in [1.807, 2.05) is 0 Å². The topological polar surface area (TPSA) is 74.2 Å². The van der Waals surface area contributed by atoms with Crippen LogP contribution in [0.3, 0.4) is 0 Å². The van der Waals surface area contributed by atoms with Crippen LogP contribution in [0.15, 0.2) is 12.3 Å². The Morgan fingerprint density at radius 1 is 1.46 bits per heavy atom. The van der Waals surface area contributed by atoms with E-state index in [0.29, 0.717) is 29.8 Å². The van der Waals surface area contributed by atoms with Crippen LogP contribution in [0.2, 0.25) is 0 Å². The van der Waals surface area contributed by atoms with Crippen LogP contribution in [-0.4, -0.2) is 11.6 Å². The van der Waals surface area contributed by atoms with Crippen LogP contribution in [0.1, 0.15) is 13.8 Å². The number of hydrogen-bond donors (Lipinski definition) is 2. The van der Waals surface area contributed by atoms with Gasteiger partial charge in [0.15, 0.2) is 0 Å². The van der Waals surface area contributed by atoms with Crippen LogP contribution in [0.4, 0.5) is 11.4 Å². The summed E-state index contributed by atoms with van der Waals surface area (Å²) in [5, 5.41) is 0. The van der Waals surface area contributed by atoms with Crippen molar-refractivity contribution in [3.8, 4) is 5.88 Å². The normalized spacial score (nSPS) is 10.4. The number of nitrogens with two attached hydrogens (primary N) is 2. The fraction of sp³-hybridized carbons (Fsp3) is 0.444. The second-order valence-corrected chi connectivity index (χ2v) is 3.32. The summed E-state index contributed by atoms with van der Waals surface area (Å²) >= 11 is 0. The van der Waals surface area contributed by atoms with Gasteiger partial charge in [0.2, 0.25) is 5.88 Å². The highest BCUT2D eigenvalue weighted by atomic mass is 16.5. The fourth-order valence-corrected chi connectivity index (χ4v) is 0.829. The molecule has 1 heterocycles. The molecule has 1 aromatic rings. The van der Waals surface area contributed by atoms with Gasteiger partial charge in [-0.2, -0.15) is 0 Å². The van der Waals surface area contributed by atoms with Crippen molar-refractivity contribution in [1.82, 2.24) is 4.98 Å². The van der Waals surface area contributed by atoms with Crippen LogP contribution >= 0.6 is 0 Å². The van der Waals surface area contributed by atoms with Crippen molar-refractivity contribution in [3.63, 3.8) is 0 Å². The lowest BCUT2D eigenvalue weighted by Gasteiger charge is -2.10. The summed E-state index contributed by atoms with van der Waals surface area (Å²) in [5.74, 6) is 0.872. The molecular formula is C9H15N3O. The first-order valence-electron chi connectivity index (χ1n) is 4.24. The summed E-state index contributed by atoms with van der Waals surface area (Å²) in [7, 11) is 0. The quantitative estimate of drug-likeness (QED) is 0.736. The second kappa shape index (κ2) is 3.98. The Morgan fingerprint density at radius 3 is 2.77 bits per heavy atom. The third kappa shape index (κ3) is 2.50. The van der Waals surface area contributed by atoms with Crippen molar-refractivity contribution in [3.05, 3.63) is 12.3 Å². The minimum absolute atomic E-state index is 0.420. The molecule has 72 valence electrons. The van der Waals surface area contributed by atoms with Crippen molar-refractivity contribution < 1.29 is 4.74 Å². The molecule has 0 saturated carbocycles. The maximum atomic E-state index is 5.66. The highest BCUT2D eigenvalue weighted by Crippen LogP contribution is 2.23. The maximum Gasteiger partial charge on any atom is 0.239 e. The predicted molar refractivity (Wildman–Crippen MR) is 53.4 cm³/mol. The third-order valence-electron chi connectivity index (χ3n) is 1.54. The smallest absolute Gasteiger partial charge is 0.239 e. The Bertz CT molecular complexity index is 286. The molecular weight excluding hydrogens is 166 g/mol. The molecule has 4 nitrogen and oxygen atoms in total. The first-order chi connectivity index (χ1) is 6.11. The lowest BCUT2D eigenvalue weighted by Crippen LogP contribution is -2.08. The highest BCUT2D eigenvalue weighted by Gasteiger charge is 2.05. The highest BCUT2D eigenvalue weighted by molar-refractivity contribution is 5.67. The van der Waals surface area contributed by atoms with E-state index in [4.69, 9.17) is 16.2 Å². The molecule has 0 spiro atoms. The fourth-order valence-electron chi connectivity index (χ4n) is 0.829. The van der Waals surface area contributed by atoms with E-state index in [9.17, 15) is 0 Å². The maximum absolute atomic E-state index is 5.66. The van der Waals surface area contributed by atoms with Gasteiger partial charge in [-0.05, 0) is 12.0 Å². The van der Waals surface area contributed by atoms with Crippen LogP contribution in [0, 0.1) is 5.92 Å². The molecule has 0 unspecified atom stereocenters. The lowest BCUT2D eigenvalue weighted by atomic mass is 10.2. The van der Waals surface area contributed by atoms with Gasteiger partial charge in [0.25, 0.3) is 0 Å². The van der Waals surface area contributed by atoms with Crippen molar-refractivity contribution in [2.24, 2.45) is 5.92 Å². The van der Waals surface area contributed by atoms with E-state index in [1.54, 1.807) is 12.3 Å². The first-order valence-corrected chi connectivity index (χ1v) is 4.24. The average Bonchev–Trinajstić information content (AvgIpc) is 2.07. The van der Waals surface area contributed by atoms with Crippen LogP contribution in [0.25, 0.3) is 0 Å². The molecule has 0 aromatic carbocycles. The van der Waals surface area contributed by atoms with Crippen molar-refractivity contribution in [2.45, 2.75) is 13.8 Å². The molecule has 4 N–H and O–H groups in total. The van der Waals surface area contributed by atoms with Crippen molar-refractivity contribution >= 4 is 11.4 Å². The second-order valence-electron chi connectivity index (χ2n) is 3.32. The van der Waals surface area contributed by atoms with Gasteiger partial charge < -0.3 is 16.2 Å². The molecule has 0 fully saturated rings. The zero-order valence-corrected chi connectivity index (χ0v) is 7.95. The lowest BCUT2D eigenvalue weighted by molar-refractivity contribution is 0.263. The van der Waals surface area contributed by atoms with Crippen molar-refractivity contribution in [1.29, 1.82) is 0 Å². The number of hydrogen-bond acceptors (Lipinski definition) is 4. The van der Waals surface area contributed by atoms with Gasteiger partial charge in [0.05, 0.1) is 12.3 Å². The minimum atomic E-state index is 0.420. The molecule has 0 bridgehead atoms. The van der Waals surface area contributed by atoms with Crippen LogP contribution < -0.4 is 16.2 Å². The summed E-state index contributed by atoms with van der Waals surface area (Å²) < 4.78 is 5.36. The Kier molecular flexibility index (Phi) is 2.95. The number of aromatic nitrogens is 1. The van der Waals surface area contributed by atoms with Gasteiger partial charge >= 0.3 is 0 Å². The third-order valence-corrected chi connectivity index (χ3v) is 1.54. The molecule has 1 aromatic heterocycles. The Hall–Kier alpha value is -1.45. The molecule has 0 amide bonds. The van der Waals surface area contributed by atoms with Gasteiger partial charge in [-0.25, -0.2) is 4.98 Å². The average molecular weight is 181 g/mol.